The topological polar surface area (TPSA) is 35.5 Å². The molecule has 0 radical (unpaired) electrons. The van der Waals surface area contributed by atoms with Crippen molar-refractivity contribution in [3.63, 3.8) is 0 Å². The Kier molecular flexibility index (Phi) is 6.31. The highest BCUT2D eigenvalue weighted by atomic mass is 32.1. The molecule has 0 bridgehead atoms. The van der Waals surface area contributed by atoms with E-state index in [1.54, 1.807) is 0 Å². The molecule has 3 rings (SSSR count). The van der Waals surface area contributed by atoms with E-state index >= 15 is 0 Å². The Labute approximate surface area is 159 Å². The monoisotopic (exact) mass is 388 g/mol. The molecule has 0 amide bonds. The first-order chi connectivity index (χ1) is 12.6. The van der Waals surface area contributed by atoms with E-state index in [0.717, 1.165) is 12.0 Å². The lowest BCUT2D eigenvalue weighted by Gasteiger charge is -2.23. The second-order valence-corrected chi connectivity index (χ2v) is 9.76. The van der Waals surface area contributed by atoms with Crippen LogP contribution in [0.4, 0.5) is 0 Å². The fourth-order valence-electron chi connectivity index (χ4n) is 3.06. The normalized spacial score (nSPS) is 13.2. The van der Waals surface area contributed by atoms with E-state index in [2.05, 4.69) is 42.5 Å². The molecule has 3 aromatic rings. The number of benzene rings is 2. The third-order valence-corrected chi connectivity index (χ3v) is 7.99. The minimum atomic E-state index is -3.15. The lowest BCUT2D eigenvalue weighted by Crippen LogP contribution is -2.03. The summed E-state index contributed by atoms with van der Waals surface area (Å²) in [5.41, 5.74) is 2.01. The molecular weight excluding hydrogens is 363 g/mol. The van der Waals surface area contributed by atoms with Crippen LogP contribution in [0.2, 0.25) is 0 Å². The Morgan fingerprint density at radius 1 is 1.00 bits per heavy atom. The predicted octanol–water partition coefficient (Wildman–Crippen LogP) is 6.82. The lowest BCUT2D eigenvalue weighted by atomic mass is 10.1. The molecule has 0 saturated carbocycles. The average molecular weight is 388 g/mol. The molecule has 0 fully saturated rings. The first kappa shape index (κ1) is 19.3. The number of hydrogen-bond acceptors (Lipinski definition) is 4. The van der Waals surface area contributed by atoms with Crippen LogP contribution in [0.5, 0.6) is 0 Å². The van der Waals surface area contributed by atoms with Crippen LogP contribution in [0, 0.1) is 0 Å². The standard InChI is InChI=1S/C21H25O3PS/c1-4-23-25(22,24-5-2)16(3)18-11-12-21-19(14-18)15-20(26-21)13-17-9-7-6-8-10-17/h6-12,14-16H,4-5,13H2,1-3H3. The van der Waals surface area contributed by atoms with E-state index in [1.165, 1.54) is 20.5 Å². The SMILES string of the molecule is CCOP(=O)(OCC)C(C)c1ccc2sc(Cc3ccccc3)cc2c1. The maximum Gasteiger partial charge on any atom is 0.337 e. The molecule has 1 atom stereocenters. The third-order valence-electron chi connectivity index (χ3n) is 4.39. The highest BCUT2D eigenvalue weighted by molar-refractivity contribution is 7.54. The molecule has 1 aromatic heterocycles. The zero-order valence-electron chi connectivity index (χ0n) is 15.5. The van der Waals surface area contributed by atoms with Crippen LogP contribution < -0.4 is 0 Å². The van der Waals surface area contributed by atoms with Crippen molar-refractivity contribution < 1.29 is 13.6 Å². The van der Waals surface area contributed by atoms with Gasteiger partial charge in [0.25, 0.3) is 0 Å². The quantitative estimate of drug-likeness (QED) is 0.397. The average Bonchev–Trinajstić information content (AvgIpc) is 3.03. The van der Waals surface area contributed by atoms with Crippen LogP contribution in [0.15, 0.2) is 54.6 Å². The molecule has 0 aliphatic carbocycles. The molecular formula is C21H25O3PS. The summed E-state index contributed by atoms with van der Waals surface area (Å²) in [7, 11) is -3.15. The molecule has 0 aliphatic rings. The van der Waals surface area contributed by atoms with Crippen molar-refractivity contribution in [1.29, 1.82) is 0 Å². The number of hydrogen-bond donors (Lipinski definition) is 0. The van der Waals surface area contributed by atoms with Gasteiger partial charge in [0.1, 0.15) is 0 Å². The summed E-state index contributed by atoms with van der Waals surface area (Å²) in [5.74, 6) is 0. The summed E-state index contributed by atoms with van der Waals surface area (Å²) >= 11 is 1.81. The molecule has 1 unspecified atom stereocenters. The summed E-state index contributed by atoms with van der Waals surface area (Å²) < 4.78 is 25.3. The smallest absolute Gasteiger partial charge is 0.308 e. The van der Waals surface area contributed by atoms with Crippen LogP contribution in [0.3, 0.4) is 0 Å². The Morgan fingerprint density at radius 3 is 2.35 bits per heavy atom. The van der Waals surface area contributed by atoms with Gasteiger partial charge in [0.15, 0.2) is 0 Å². The Morgan fingerprint density at radius 2 is 1.69 bits per heavy atom. The summed E-state index contributed by atoms with van der Waals surface area (Å²) in [6.07, 6.45) is 0.932. The summed E-state index contributed by atoms with van der Waals surface area (Å²) in [4.78, 5) is 1.33. The summed E-state index contributed by atoms with van der Waals surface area (Å²) in [6, 6.07) is 19.0. The molecule has 0 aliphatic heterocycles. The van der Waals surface area contributed by atoms with Crippen LogP contribution in [0.25, 0.3) is 10.1 Å². The number of thiophene rings is 1. The van der Waals surface area contributed by atoms with Gasteiger partial charge in [0.05, 0.1) is 18.9 Å². The fraction of sp³-hybridized carbons (Fsp3) is 0.333. The maximum atomic E-state index is 13.1. The van der Waals surface area contributed by atoms with Gasteiger partial charge in [-0.1, -0.05) is 36.4 Å². The third kappa shape index (κ3) is 4.27. The maximum absolute atomic E-state index is 13.1. The molecule has 26 heavy (non-hydrogen) atoms. The molecule has 0 spiro atoms. The zero-order chi connectivity index (χ0) is 18.6. The van der Waals surface area contributed by atoms with E-state index < -0.39 is 7.60 Å². The fourth-order valence-corrected chi connectivity index (χ4v) is 5.91. The van der Waals surface area contributed by atoms with Gasteiger partial charge in [-0.3, -0.25) is 4.57 Å². The second kappa shape index (κ2) is 8.49. The number of fused-ring (bicyclic) bond motifs is 1. The lowest BCUT2D eigenvalue weighted by molar-refractivity contribution is 0.213. The van der Waals surface area contributed by atoms with Crippen molar-refractivity contribution in [2.75, 3.05) is 13.2 Å². The van der Waals surface area contributed by atoms with Gasteiger partial charge >= 0.3 is 7.60 Å². The van der Waals surface area contributed by atoms with E-state index in [0.29, 0.717) is 13.2 Å². The number of rotatable bonds is 8. The Balaban J connectivity index is 1.87. The molecule has 0 saturated heterocycles. The van der Waals surface area contributed by atoms with E-state index in [9.17, 15) is 4.57 Å². The van der Waals surface area contributed by atoms with Crippen LogP contribution in [-0.2, 0) is 20.0 Å². The summed E-state index contributed by atoms with van der Waals surface area (Å²) in [5, 5.41) is 1.19. The first-order valence-corrected chi connectivity index (χ1v) is 11.4. The minimum Gasteiger partial charge on any atom is -0.308 e. The van der Waals surface area contributed by atoms with Crippen molar-refractivity contribution in [3.05, 3.63) is 70.6 Å². The second-order valence-electron chi connectivity index (χ2n) is 6.22. The van der Waals surface area contributed by atoms with Gasteiger partial charge in [0.2, 0.25) is 0 Å². The molecule has 1 heterocycles. The van der Waals surface area contributed by atoms with Crippen molar-refractivity contribution in [1.82, 2.24) is 0 Å². The minimum absolute atomic E-state index is 0.288. The van der Waals surface area contributed by atoms with Gasteiger partial charge < -0.3 is 9.05 Å². The molecule has 0 N–H and O–H groups in total. The first-order valence-electron chi connectivity index (χ1n) is 9.00. The summed E-state index contributed by atoms with van der Waals surface area (Å²) in [6.45, 7) is 6.37. The highest BCUT2D eigenvalue weighted by Crippen LogP contribution is 2.60. The molecule has 138 valence electrons. The van der Waals surface area contributed by atoms with E-state index in [4.69, 9.17) is 9.05 Å². The molecule has 3 nitrogen and oxygen atoms in total. The Bertz CT molecular complexity index is 894. The van der Waals surface area contributed by atoms with E-state index in [1.807, 2.05) is 44.2 Å². The highest BCUT2D eigenvalue weighted by Gasteiger charge is 2.33. The van der Waals surface area contributed by atoms with Crippen molar-refractivity contribution in [2.45, 2.75) is 32.9 Å². The van der Waals surface area contributed by atoms with Crippen LogP contribution in [-0.4, -0.2) is 13.2 Å². The Hall–Kier alpha value is -1.45. The van der Waals surface area contributed by atoms with Gasteiger partial charge in [-0.25, -0.2) is 0 Å². The molecule has 5 heteroatoms. The van der Waals surface area contributed by atoms with Gasteiger partial charge in [-0.05, 0) is 55.5 Å². The van der Waals surface area contributed by atoms with Crippen LogP contribution in [0.1, 0.15) is 42.4 Å². The van der Waals surface area contributed by atoms with Crippen molar-refractivity contribution >= 4 is 29.0 Å². The van der Waals surface area contributed by atoms with Gasteiger partial charge in [0, 0.05) is 16.0 Å². The van der Waals surface area contributed by atoms with E-state index in [-0.39, 0.29) is 5.66 Å². The zero-order valence-corrected chi connectivity index (χ0v) is 17.2. The molecule has 2 aromatic carbocycles. The van der Waals surface area contributed by atoms with Gasteiger partial charge in [-0.15, -0.1) is 11.3 Å². The van der Waals surface area contributed by atoms with Gasteiger partial charge in [-0.2, -0.15) is 0 Å². The van der Waals surface area contributed by atoms with Crippen LogP contribution >= 0.6 is 18.9 Å². The predicted molar refractivity (Wildman–Crippen MR) is 110 cm³/mol. The van der Waals surface area contributed by atoms with Crippen molar-refractivity contribution in [2.24, 2.45) is 0 Å². The van der Waals surface area contributed by atoms with Crippen molar-refractivity contribution in [3.8, 4) is 0 Å². The largest absolute Gasteiger partial charge is 0.337 e.